The smallest absolute Gasteiger partial charge is 0.270 e. The van der Waals surface area contributed by atoms with Crippen molar-refractivity contribution in [3.05, 3.63) is 27.1 Å². The molecule has 66 valence electrons. The number of aromatic amines is 1. The third kappa shape index (κ3) is 1.40. The minimum atomic E-state index is -2.91. The van der Waals surface area contributed by atoms with Crippen LogP contribution in [0.2, 0.25) is 5.02 Å². The van der Waals surface area contributed by atoms with Crippen molar-refractivity contribution in [2.45, 2.75) is 6.43 Å². The molecule has 1 aromatic heterocycles. The van der Waals surface area contributed by atoms with Crippen molar-refractivity contribution in [2.24, 2.45) is 0 Å². The van der Waals surface area contributed by atoms with Gasteiger partial charge in [-0.05, 0) is 0 Å². The maximum atomic E-state index is 12.1. The van der Waals surface area contributed by atoms with E-state index in [2.05, 4.69) is 0 Å². The quantitative estimate of drug-likeness (QED) is 0.713. The van der Waals surface area contributed by atoms with Crippen LogP contribution in [0, 0.1) is 0 Å². The standard InChI is InChI=1S/C6H5ClF2N2O/c7-4-2(10)1-11-6(12)3(4)5(8)9/h1,5H,10H2,(H,11,12). The number of nitrogen functional groups attached to an aromatic ring is 1. The molecule has 0 unspecified atom stereocenters. The van der Waals surface area contributed by atoms with Crippen molar-refractivity contribution in [1.29, 1.82) is 0 Å². The minimum Gasteiger partial charge on any atom is -0.396 e. The average molecular weight is 195 g/mol. The lowest BCUT2D eigenvalue weighted by Gasteiger charge is -2.02. The molecule has 12 heavy (non-hydrogen) atoms. The van der Waals surface area contributed by atoms with Gasteiger partial charge in [0.1, 0.15) is 5.56 Å². The number of pyridine rings is 1. The highest BCUT2D eigenvalue weighted by molar-refractivity contribution is 6.33. The van der Waals surface area contributed by atoms with Crippen molar-refractivity contribution in [3.63, 3.8) is 0 Å². The lowest BCUT2D eigenvalue weighted by Crippen LogP contribution is -2.14. The van der Waals surface area contributed by atoms with E-state index in [0.29, 0.717) is 0 Å². The van der Waals surface area contributed by atoms with E-state index in [0.717, 1.165) is 6.20 Å². The highest BCUT2D eigenvalue weighted by Crippen LogP contribution is 2.26. The zero-order valence-electron chi connectivity index (χ0n) is 5.77. The van der Waals surface area contributed by atoms with Crippen LogP contribution in [0.1, 0.15) is 12.0 Å². The van der Waals surface area contributed by atoms with Crippen molar-refractivity contribution >= 4 is 17.3 Å². The summed E-state index contributed by atoms with van der Waals surface area (Å²) in [7, 11) is 0. The van der Waals surface area contributed by atoms with Gasteiger partial charge in [0.15, 0.2) is 0 Å². The van der Waals surface area contributed by atoms with Gasteiger partial charge in [-0.3, -0.25) is 4.79 Å². The Morgan fingerprint density at radius 2 is 2.17 bits per heavy atom. The Morgan fingerprint density at radius 1 is 1.58 bits per heavy atom. The number of nitrogens with two attached hydrogens (primary N) is 1. The van der Waals surface area contributed by atoms with Crippen molar-refractivity contribution in [1.82, 2.24) is 4.98 Å². The molecule has 0 saturated heterocycles. The minimum absolute atomic E-state index is 0.0634. The fourth-order valence-electron chi connectivity index (χ4n) is 0.734. The third-order valence-electron chi connectivity index (χ3n) is 1.31. The topological polar surface area (TPSA) is 58.9 Å². The summed E-state index contributed by atoms with van der Waals surface area (Å²) < 4.78 is 24.2. The van der Waals surface area contributed by atoms with Gasteiger partial charge in [0.25, 0.3) is 12.0 Å². The van der Waals surface area contributed by atoms with E-state index in [9.17, 15) is 13.6 Å². The molecule has 3 N–H and O–H groups in total. The van der Waals surface area contributed by atoms with Crippen LogP contribution in [0.4, 0.5) is 14.5 Å². The van der Waals surface area contributed by atoms with Gasteiger partial charge in [-0.2, -0.15) is 0 Å². The predicted octanol–water partition coefficient (Wildman–Crippen LogP) is 1.55. The van der Waals surface area contributed by atoms with Crippen LogP contribution in [0.25, 0.3) is 0 Å². The molecule has 1 aromatic rings. The van der Waals surface area contributed by atoms with Gasteiger partial charge in [0.2, 0.25) is 0 Å². The number of H-pyrrole nitrogens is 1. The first kappa shape index (κ1) is 8.99. The summed E-state index contributed by atoms with van der Waals surface area (Å²) in [4.78, 5) is 12.8. The number of hydrogen-bond donors (Lipinski definition) is 2. The van der Waals surface area contributed by atoms with Crippen LogP contribution in [-0.4, -0.2) is 4.98 Å². The molecule has 6 heteroatoms. The molecule has 0 bridgehead atoms. The van der Waals surface area contributed by atoms with E-state index in [1.807, 2.05) is 4.98 Å². The summed E-state index contributed by atoms with van der Waals surface area (Å²) in [6, 6.07) is 0. The van der Waals surface area contributed by atoms with Crippen LogP contribution in [0.5, 0.6) is 0 Å². The second-order valence-electron chi connectivity index (χ2n) is 2.10. The van der Waals surface area contributed by atoms with Crippen molar-refractivity contribution in [3.8, 4) is 0 Å². The molecule has 0 saturated carbocycles. The molecule has 0 atom stereocenters. The summed E-state index contributed by atoms with van der Waals surface area (Å²) in [6.07, 6.45) is -1.83. The number of anilines is 1. The number of aromatic nitrogens is 1. The van der Waals surface area contributed by atoms with Crippen LogP contribution in [-0.2, 0) is 0 Å². The van der Waals surface area contributed by atoms with Gasteiger partial charge in [0.05, 0.1) is 10.7 Å². The maximum Gasteiger partial charge on any atom is 0.270 e. The summed E-state index contributed by atoms with van der Waals surface area (Å²) in [5.41, 5.74) is 3.43. The highest BCUT2D eigenvalue weighted by atomic mass is 35.5. The Labute approximate surface area is 71.2 Å². The van der Waals surface area contributed by atoms with Crippen LogP contribution in [0.3, 0.4) is 0 Å². The zero-order valence-corrected chi connectivity index (χ0v) is 6.53. The Hall–Kier alpha value is -1.10. The van der Waals surface area contributed by atoms with Gasteiger partial charge in [-0.1, -0.05) is 11.6 Å². The fourth-order valence-corrected chi connectivity index (χ4v) is 0.957. The average Bonchev–Trinajstić information content (AvgIpc) is 1.97. The number of hydrogen-bond acceptors (Lipinski definition) is 2. The Balaban J connectivity index is 3.43. The Bertz CT molecular complexity index is 350. The van der Waals surface area contributed by atoms with Crippen LogP contribution in [0.15, 0.2) is 11.0 Å². The molecule has 0 spiro atoms. The molecular weight excluding hydrogens is 190 g/mol. The first-order valence-electron chi connectivity index (χ1n) is 2.98. The van der Waals surface area contributed by atoms with E-state index in [1.165, 1.54) is 0 Å². The predicted molar refractivity (Wildman–Crippen MR) is 41.4 cm³/mol. The molecular formula is C6H5ClF2N2O. The van der Waals surface area contributed by atoms with E-state index < -0.39 is 17.5 Å². The molecule has 0 fully saturated rings. The Morgan fingerprint density at radius 3 is 2.58 bits per heavy atom. The van der Waals surface area contributed by atoms with E-state index in [4.69, 9.17) is 17.3 Å². The fraction of sp³-hybridized carbons (Fsp3) is 0.167. The largest absolute Gasteiger partial charge is 0.396 e. The van der Waals surface area contributed by atoms with Crippen molar-refractivity contribution in [2.75, 3.05) is 5.73 Å². The first-order chi connectivity index (χ1) is 5.54. The number of rotatable bonds is 1. The molecule has 1 heterocycles. The lowest BCUT2D eigenvalue weighted by atomic mass is 10.2. The lowest BCUT2D eigenvalue weighted by molar-refractivity contribution is 0.150. The Kier molecular flexibility index (Phi) is 2.32. The van der Waals surface area contributed by atoms with Gasteiger partial charge in [-0.15, -0.1) is 0 Å². The molecule has 0 amide bonds. The second kappa shape index (κ2) is 3.10. The first-order valence-corrected chi connectivity index (χ1v) is 3.36. The molecule has 1 rings (SSSR count). The van der Waals surface area contributed by atoms with Gasteiger partial charge >= 0.3 is 0 Å². The van der Waals surface area contributed by atoms with Gasteiger partial charge in [-0.25, -0.2) is 8.78 Å². The number of halogens is 3. The molecule has 0 aliphatic heterocycles. The monoisotopic (exact) mass is 194 g/mol. The normalized spacial score (nSPS) is 10.7. The molecule has 0 radical (unpaired) electrons. The number of nitrogens with one attached hydrogen (secondary N) is 1. The van der Waals surface area contributed by atoms with E-state index in [1.54, 1.807) is 0 Å². The summed E-state index contributed by atoms with van der Waals surface area (Å²) in [5, 5.41) is -0.381. The van der Waals surface area contributed by atoms with Gasteiger partial charge < -0.3 is 10.7 Å². The second-order valence-corrected chi connectivity index (χ2v) is 2.48. The van der Waals surface area contributed by atoms with Crippen LogP contribution >= 0.6 is 11.6 Å². The molecule has 0 aromatic carbocycles. The summed E-state index contributed by atoms with van der Waals surface area (Å²) in [6.45, 7) is 0. The summed E-state index contributed by atoms with van der Waals surface area (Å²) >= 11 is 5.37. The van der Waals surface area contributed by atoms with Crippen LogP contribution < -0.4 is 11.3 Å². The highest BCUT2D eigenvalue weighted by Gasteiger charge is 2.18. The van der Waals surface area contributed by atoms with E-state index in [-0.39, 0.29) is 10.7 Å². The SMILES string of the molecule is Nc1c[nH]c(=O)c(C(F)F)c1Cl. The van der Waals surface area contributed by atoms with Gasteiger partial charge in [0, 0.05) is 6.20 Å². The van der Waals surface area contributed by atoms with E-state index >= 15 is 0 Å². The summed E-state index contributed by atoms with van der Waals surface area (Å²) in [5.74, 6) is 0. The van der Waals surface area contributed by atoms with Crippen molar-refractivity contribution < 1.29 is 8.78 Å². The maximum absolute atomic E-state index is 12.1. The zero-order chi connectivity index (χ0) is 9.30. The molecule has 0 aliphatic carbocycles. The molecule has 3 nitrogen and oxygen atoms in total. The molecule has 0 aliphatic rings. The third-order valence-corrected chi connectivity index (χ3v) is 1.73. The number of alkyl halides is 2.